The quantitative estimate of drug-likeness (QED) is 0.401. The van der Waals surface area contributed by atoms with Crippen molar-refractivity contribution in [3.8, 4) is 17.0 Å². The standard InChI is InChI=1S/C28H33N7O2/c1-32-9-11-34(12-10-32)24-8-3-21(17-26(24)36-2)18-27-30-28-20-29-19-25(35(28)31-27)22-4-6-23(7-5-22)33-13-15-37-16-14-33/h3-8,17,19-20H,9-16,18H2,1-2H3. The van der Waals surface area contributed by atoms with Crippen molar-refractivity contribution in [3.63, 3.8) is 0 Å². The molecule has 0 atom stereocenters. The Morgan fingerprint density at radius 3 is 2.43 bits per heavy atom. The van der Waals surface area contributed by atoms with Crippen LogP contribution in [0.3, 0.4) is 0 Å². The molecule has 2 aromatic carbocycles. The van der Waals surface area contributed by atoms with Crippen LogP contribution < -0.4 is 14.5 Å². The smallest absolute Gasteiger partial charge is 0.174 e. The Hall–Kier alpha value is -3.69. The molecule has 0 spiro atoms. The molecule has 4 heterocycles. The fourth-order valence-corrected chi connectivity index (χ4v) is 5.12. The van der Waals surface area contributed by atoms with Crippen molar-refractivity contribution in [3.05, 3.63) is 66.2 Å². The van der Waals surface area contributed by atoms with Crippen molar-refractivity contribution in [1.29, 1.82) is 0 Å². The Balaban J connectivity index is 1.23. The van der Waals surface area contributed by atoms with Gasteiger partial charge in [-0.15, -0.1) is 0 Å². The molecule has 2 saturated heterocycles. The van der Waals surface area contributed by atoms with Gasteiger partial charge in [-0.1, -0.05) is 18.2 Å². The first-order chi connectivity index (χ1) is 18.2. The highest BCUT2D eigenvalue weighted by Crippen LogP contribution is 2.31. The molecular weight excluding hydrogens is 466 g/mol. The summed E-state index contributed by atoms with van der Waals surface area (Å²) in [5, 5.41) is 4.85. The molecule has 4 aromatic rings. The Bertz CT molecular complexity index is 1360. The highest BCUT2D eigenvalue weighted by atomic mass is 16.5. The van der Waals surface area contributed by atoms with Crippen molar-refractivity contribution in [1.82, 2.24) is 24.5 Å². The lowest BCUT2D eigenvalue weighted by molar-refractivity contribution is 0.122. The number of ether oxygens (including phenoxy) is 2. The monoisotopic (exact) mass is 499 g/mol. The molecule has 0 saturated carbocycles. The van der Waals surface area contributed by atoms with E-state index < -0.39 is 0 Å². The van der Waals surface area contributed by atoms with Gasteiger partial charge in [0.15, 0.2) is 11.5 Å². The van der Waals surface area contributed by atoms with Crippen LogP contribution in [0.15, 0.2) is 54.9 Å². The predicted molar refractivity (Wildman–Crippen MR) is 145 cm³/mol. The summed E-state index contributed by atoms with van der Waals surface area (Å²) in [4.78, 5) is 16.3. The maximum Gasteiger partial charge on any atom is 0.174 e. The van der Waals surface area contributed by atoms with E-state index in [0.717, 1.165) is 92.2 Å². The van der Waals surface area contributed by atoms with Crippen LogP contribution in [0, 0.1) is 0 Å². The van der Waals surface area contributed by atoms with Crippen LogP contribution >= 0.6 is 0 Å². The molecule has 6 rings (SSSR count). The number of fused-ring (bicyclic) bond motifs is 1. The molecule has 2 aromatic heterocycles. The fraction of sp³-hybridized carbons (Fsp3) is 0.393. The summed E-state index contributed by atoms with van der Waals surface area (Å²) in [7, 11) is 3.91. The Morgan fingerprint density at radius 1 is 0.892 bits per heavy atom. The van der Waals surface area contributed by atoms with Gasteiger partial charge in [-0.2, -0.15) is 5.10 Å². The summed E-state index contributed by atoms with van der Waals surface area (Å²) in [6.45, 7) is 7.51. The van der Waals surface area contributed by atoms with E-state index in [9.17, 15) is 0 Å². The van der Waals surface area contributed by atoms with Crippen molar-refractivity contribution < 1.29 is 9.47 Å². The minimum atomic E-state index is 0.621. The van der Waals surface area contributed by atoms with Crippen molar-refractivity contribution >= 4 is 17.0 Å². The van der Waals surface area contributed by atoms with E-state index in [1.54, 1.807) is 13.3 Å². The first-order valence-electron chi connectivity index (χ1n) is 12.9. The maximum absolute atomic E-state index is 5.77. The Morgan fingerprint density at radius 2 is 1.68 bits per heavy atom. The molecule has 37 heavy (non-hydrogen) atoms. The highest BCUT2D eigenvalue weighted by Gasteiger charge is 2.19. The summed E-state index contributed by atoms with van der Waals surface area (Å²) in [5.41, 5.74) is 6.20. The van der Waals surface area contributed by atoms with Crippen LogP contribution in [0.2, 0.25) is 0 Å². The summed E-state index contributed by atoms with van der Waals surface area (Å²) in [6, 6.07) is 15.0. The predicted octanol–water partition coefficient (Wildman–Crippen LogP) is 2.98. The van der Waals surface area contributed by atoms with Crippen LogP contribution in [-0.2, 0) is 11.2 Å². The maximum atomic E-state index is 5.77. The second-order valence-electron chi connectivity index (χ2n) is 9.71. The topological polar surface area (TPSA) is 71.3 Å². The molecule has 9 nitrogen and oxygen atoms in total. The van der Waals surface area contributed by atoms with Crippen LogP contribution in [0.1, 0.15) is 11.4 Å². The van der Waals surface area contributed by atoms with Crippen molar-refractivity contribution in [2.45, 2.75) is 6.42 Å². The summed E-state index contributed by atoms with van der Waals surface area (Å²) in [6.07, 6.45) is 4.23. The van der Waals surface area contributed by atoms with Gasteiger partial charge in [0.25, 0.3) is 0 Å². The molecule has 0 radical (unpaired) electrons. The summed E-state index contributed by atoms with van der Waals surface area (Å²) < 4.78 is 13.1. The van der Waals surface area contributed by atoms with Gasteiger partial charge >= 0.3 is 0 Å². The van der Waals surface area contributed by atoms with E-state index in [4.69, 9.17) is 19.6 Å². The second kappa shape index (κ2) is 10.4. The summed E-state index contributed by atoms with van der Waals surface area (Å²) >= 11 is 0. The molecule has 2 fully saturated rings. The van der Waals surface area contributed by atoms with Gasteiger partial charge in [0.05, 0.1) is 44.1 Å². The number of rotatable bonds is 6. The van der Waals surface area contributed by atoms with Gasteiger partial charge in [-0.25, -0.2) is 9.50 Å². The van der Waals surface area contributed by atoms with Crippen LogP contribution in [0.25, 0.3) is 16.9 Å². The van der Waals surface area contributed by atoms with Crippen LogP contribution in [0.4, 0.5) is 11.4 Å². The first-order valence-corrected chi connectivity index (χ1v) is 12.9. The third-order valence-corrected chi connectivity index (χ3v) is 7.28. The zero-order valence-electron chi connectivity index (χ0n) is 21.5. The largest absolute Gasteiger partial charge is 0.495 e. The minimum Gasteiger partial charge on any atom is -0.495 e. The van der Waals surface area contributed by atoms with Gasteiger partial charge in [0.2, 0.25) is 0 Å². The van der Waals surface area contributed by atoms with E-state index in [2.05, 4.69) is 69.2 Å². The lowest BCUT2D eigenvalue weighted by Gasteiger charge is -2.34. The molecular formula is C28H33N7O2. The lowest BCUT2D eigenvalue weighted by atomic mass is 10.1. The molecule has 2 aliphatic heterocycles. The molecule has 0 N–H and O–H groups in total. The fourth-order valence-electron chi connectivity index (χ4n) is 5.12. The molecule has 0 bridgehead atoms. The number of piperazine rings is 1. The number of morpholine rings is 1. The van der Waals surface area contributed by atoms with Gasteiger partial charge in [-0.05, 0) is 36.9 Å². The van der Waals surface area contributed by atoms with Gasteiger partial charge in [0.1, 0.15) is 5.75 Å². The number of anilines is 2. The van der Waals surface area contributed by atoms with E-state index >= 15 is 0 Å². The normalized spacial score (nSPS) is 16.9. The zero-order valence-corrected chi connectivity index (χ0v) is 21.5. The molecule has 0 aliphatic carbocycles. The van der Waals surface area contributed by atoms with Crippen molar-refractivity contribution in [2.24, 2.45) is 0 Å². The molecule has 192 valence electrons. The number of hydrogen-bond acceptors (Lipinski definition) is 8. The van der Waals surface area contributed by atoms with Crippen molar-refractivity contribution in [2.75, 3.05) is 76.4 Å². The Labute approximate surface area is 217 Å². The van der Waals surface area contributed by atoms with E-state index in [1.165, 1.54) is 5.69 Å². The van der Waals surface area contributed by atoms with Gasteiger partial charge in [0, 0.05) is 56.9 Å². The second-order valence-corrected chi connectivity index (χ2v) is 9.71. The minimum absolute atomic E-state index is 0.621. The van der Waals surface area contributed by atoms with E-state index in [-0.39, 0.29) is 0 Å². The van der Waals surface area contributed by atoms with Gasteiger partial charge < -0.3 is 24.2 Å². The highest BCUT2D eigenvalue weighted by molar-refractivity contribution is 5.65. The molecule has 2 aliphatic rings. The van der Waals surface area contributed by atoms with Crippen LogP contribution in [0.5, 0.6) is 5.75 Å². The van der Waals surface area contributed by atoms with E-state index in [1.807, 2.05) is 10.7 Å². The summed E-state index contributed by atoms with van der Waals surface area (Å²) in [5.74, 6) is 1.65. The molecule has 9 heteroatoms. The third kappa shape index (κ3) is 4.97. The first kappa shape index (κ1) is 23.7. The number of likely N-dealkylation sites (N-methyl/N-ethyl adjacent to an activating group) is 1. The average molecular weight is 500 g/mol. The van der Waals surface area contributed by atoms with Crippen LogP contribution in [-0.4, -0.2) is 91.1 Å². The Kier molecular flexibility index (Phi) is 6.63. The zero-order chi connectivity index (χ0) is 25.2. The third-order valence-electron chi connectivity index (χ3n) is 7.28. The average Bonchev–Trinajstić information content (AvgIpc) is 3.37. The lowest BCUT2D eigenvalue weighted by Crippen LogP contribution is -2.44. The number of benzene rings is 2. The number of hydrogen-bond donors (Lipinski definition) is 0. The number of nitrogens with zero attached hydrogens (tertiary/aromatic N) is 7. The number of methoxy groups -OCH3 is 1. The molecule has 0 amide bonds. The number of aromatic nitrogens is 4. The van der Waals surface area contributed by atoms with E-state index in [0.29, 0.717) is 6.42 Å². The van der Waals surface area contributed by atoms with Gasteiger partial charge in [-0.3, -0.25) is 4.98 Å². The SMILES string of the molecule is COc1cc(Cc2nc3cncc(-c4ccc(N5CCOCC5)cc4)n3n2)ccc1N1CCN(C)CC1. The molecule has 0 unspecified atom stereocenters.